The van der Waals surface area contributed by atoms with E-state index in [1.165, 1.54) is 0 Å². The molecule has 2 aromatic rings. The summed E-state index contributed by atoms with van der Waals surface area (Å²) in [5.74, 6) is 0.345. The first-order chi connectivity index (χ1) is 14.0. The number of anilines is 1. The van der Waals surface area contributed by atoms with Gasteiger partial charge < -0.3 is 10.5 Å². The van der Waals surface area contributed by atoms with Gasteiger partial charge in [0.15, 0.2) is 0 Å². The fourth-order valence-corrected chi connectivity index (χ4v) is 4.69. The Labute approximate surface area is 179 Å². The van der Waals surface area contributed by atoms with Crippen molar-refractivity contribution in [3.63, 3.8) is 0 Å². The lowest BCUT2D eigenvalue weighted by Crippen LogP contribution is -2.25. The van der Waals surface area contributed by atoms with Crippen LogP contribution in [0.2, 0.25) is 0 Å². The number of halogens is 2. The van der Waals surface area contributed by atoms with Crippen LogP contribution in [-0.2, 0) is 13.1 Å². The van der Waals surface area contributed by atoms with Crippen LogP contribution in [0.15, 0.2) is 46.5 Å². The van der Waals surface area contributed by atoms with Crippen molar-refractivity contribution < 1.29 is 9.53 Å². The summed E-state index contributed by atoms with van der Waals surface area (Å²) < 4.78 is 5.46. The molecule has 1 aliphatic carbocycles. The maximum Gasteiger partial charge on any atom is 0.260 e. The Morgan fingerprint density at radius 1 is 1.31 bits per heavy atom. The van der Waals surface area contributed by atoms with Crippen molar-refractivity contribution >= 4 is 34.8 Å². The molecule has 0 spiro atoms. The molecule has 0 radical (unpaired) electrons. The molecule has 1 amide bonds. The number of hydrogen-bond acceptors (Lipinski definition) is 4. The van der Waals surface area contributed by atoms with E-state index in [4.69, 9.17) is 38.7 Å². The maximum atomic E-state index is 13.6. The Kier molecular flexibility index (Phi) is 5.38. The first kappa shape index (κ1) is 20.0. The van der Waals surface area contributed by atoms with Crippen molar-refractivity contribution in [1.29, 1.82) is 0 Å². The molecule has 1 aliphatic heterocycles. The first-order valence-electron chi connectivity index (χ1n) is 9.36. The van der Waals surface area contributed by atoms with Crippen LogP contribution in [-0.4, -0.2) is 18.0 Å². The van der Waals surface area contributed by atoms with E-state index in [-0.39, 0.29) is 18.4 Å². The maximum absolute atomic E-state index is 13.6. The van der Waals surface area contributed by atoms with E-state index in [2.05, 4.69) is 0 Å². The SMILES string of the molecule is COc1ccccc1N1Cc2nc(C)c(CN)c(C3CC=C(Cl)C=C3Cl)c2C1=O. The summed E-state index contributed by atoms with van der Waals surface area (Å²) >= 11 is 12.7. The van der Waals surface area contributed by atoms with Crippen LogP contribution >= 0.6 is 23.2 Å². The minimum Gasteiger partial charge on any atom is -0.495 e. The summed E-state index contributed by atoms with van der Waals surface area (Å²) in [6.45, 7) is 2.57. The molecule has 7 heteroatoms. The Hall–Kier alpha value is -2.34. The molecule has 29 heavy (non-hydrogen) atoms. The molecule has 4 rings (SSSR count). The summed E-state index contributed by atoms with van der Waals surface area (Å²) in [5.41, 5.74) is 10.6. The van der Waals surface area contributed by atoms with E-state index in [1.54, 1.807) is 18.1 Å². The molecular formula is C22H21Cl2N3O2. The molecule has 0 saturated heterocycles. The zero-order chi connectivity index (χ0) is 20.7. The lowest BCUT2D eigenvalue weighted by Gasteiger charge is -2.24. The molecule has 1 aromatic heterocycles. The molecule has 2 heterocycles. The Morgan fingerprint density at radius 2 is 2.07 bits per heavy atom. The van der Waals surface area contributed by atoms with E-state index in [1.807, 2.05) is 37.3 Å². The van der Waals surface area contributed by atoms with Gasteiger partial charge in [0.05, 0.1) is 30.6 Å². The smallest absolute Gasteiger partial charge is 0.260 e. The van der Waals surface area contributed by atoms with Gasteiger partial charge >= 0.3 is 0 Å². The van der Waals surface area contributed by atoms with Crippen LogP contribution < -0.4 is 15.4 Å². The average molecular weight is 430 g/mol. The lowest BCUT2D eigenvalue weighted by atomic mass is 9.84. The number of ether oxygens (including phenoxy) is 1. The third-order valence-electron chi connectivity index (χ3n) is 5.48. The number of methoxy groups -OCH3 is 1. The summed E-state index contributed by atoms with van der Waals surface area (Å²) in [5, 5.41) is 1.20. The Morgan fingerprint density at radius 3 is 2.76 bits per heavy atom. The van der Waals surface area contributed by atoms with Crippen molar-refractivity contribution in [2.24, 2.45) is 5.73 Å². The van der Waals surface area contributed by atoms with Crippen LogP contribution in [0.3, 0.4) is 0 Å². The summed E-state index contributed by atoms with van der Waals surface area (Å²) in [6, 6.07) is 7.46. The van der Waals surface area contributed by atoms with Gasteiger partial charge in [0.25, 0.3) is 5.91 Å². The standard InChI is InChI=1S/C22H21Cl2N3O2/c1-12-15(10-25)20(14-8-7-13(23)9-16(14)24)21-17(26-12)11-27(22(21)28)18-5-3-4-6-19(18)29-2/h3-7,9,14H,8,10-11,25H2,1-2H3. The normalized spacial score (nSPS) is 18.4. The third kappa shape index (κ3) is 3.33. The zero-order valence-corrected chi connectivity index (χ0v) is 17.7. The number of aryl methyl sites for hydroxylation is 1. The summed E-state index contributed by atoms with van der Waals surface area (Å²) in [6.07, 6.45) is 4.26. The molecule has 5 nitrogen and oxygen atoms in total. The number of fused-ring (bicyclic) bond motifs is 1. The molecular weight excluding hydrogens is 409 g/mol. The quantitative estimate of drug-likeness (QED) is 0.760. The number of benzene rings is 1. The van der Waals surface area contributed by atoms with Crippen molar-refractivity contribution in [1.82, 2.24) is 4.98 Å². The van der Waals surface area contributed by atoms with Crippen LogP contribution in [0.5, 0.6) is 5.75 Å². The molecule has 0 bridgehead atoms. The van der Waals surface area contributed by atoms with Crippen molar-refractivity contribution in [3.05, 3.63) is 74.6 Å². The van der Waals surface area contributed by atoms with Gasteiger partial charge in [-0.3, -0.25) is 14.7 Å². The molecule has 1 atom stereocenters. The highest BCUT2D eigenvalue weighted by Gasteiger charge is 2.38. The van der Waals surface area contributed by atoms with Gasteiger partial charge in [0, 0.05) is 28.2 Å². The molecule has 0 fully saturated rings. The number of para-hydroxylation sites is 2. The fraction of sp³-hybridized carbons (Fsp3) is 0.273. The molecule has 0 saturated carbocycles. The number of carbonyl (C=O) groups is 1. The summed E-state index contributed by atoms with van der Waals surface area (Å²) in [4.78, 5) is 20.0. The van der Waals surface area contributed by atoms with Gasteiger partial charge in [0.1, 0.15) is 5.75 Å². The van der Waals surface area contributed by atoms with Crippen LogP contribution in [0, 0.1) is 6.92 Å². The van der Waals surface area contributed by atoms with E-state index in [9.17, 15) is 4.79 Å². The minimum atomic E-state index is -0.172. The number of pyridine rings is 1. The van der Waals surface area contributed by atoms with Gasteiger partial charge in [0.2, 0.25) is 0 Å². The number of hydrogen-bond donors (Lipinski definition) is 1. The van der Waals surface area contributed by atoms with Crippen LogP contribution in [0.25, 0.3) is 0 Å². The average Bonchev–Trinajstić information content (AvgIpc) is 3.03. The summed E-state index contributed by atoms with van der Waals surface area (Å²) in [7, 11) is 1.59. The zero-order valence-electron chi connectivity index (χ0n) is 16.2. The second kappa shape index (κ2) is 7.82. The number of amides is 1. The lowest BCUT2D eigenvalue weighted by molar-refractivity contribution is 0.0995. The van der Waals surface area contributed by atoms with Crippen LogP contribution in [0.4, 0.5) is 5.69 Å². The monoisotopic (exact) mass is 429 g/mol. The predicted molar refractivity (Wildman–Crippen MR) is 116 cm³/mol. The van der Waals surface area contributed by atoms with Crippen LogP contribution in [0.1, 0.15) is 45.2 Å². The number of allylic oxidation sites excluding steroid dienone is 4. The van der Waals surface area contributed by atoms with Gasteiger partial charge in [-0.2, -0.15) is 0 Å². The Balaban J connectivity index is 1.87. The predicted octanol–water partition coefficient (Wildman–Crippen LogP) is 4.75. The van der Waals surface area contributed by atoms with E-state index in [0.717, 1.165) is 22.5 Å². The number of nitrogens with zero attached hydrogens (tertiary/aromatic N) is 2. The van der Waals surface area contributed by atoms with Crippen molar-refractivity contribution in [2.45, 2.75) is 32.4 Å². The molecule has 1 aromatic carbocycles. The highest BCUT2D eigenvalue weighted by atomic mass is 35.5. The van der Waals surface area contributed by atoms with E-state index >= 15 is 0 Å². The second-order valence-corrected chi connectivity index (χ2v) is 7.96. The number of aromatic nitrogens is 1. The third-order valence-corrected chi connectivity index (χ3v) is 6.11. The molecule has 1 unspecified atom stereocenters. The molecule has 150 valence electrons. The number of rotatable bonds is 4. The Bertz CT molecular complexity index is 1060. The van der Waals surface area contributed by atoms with Gasteiger partial charge in [-0.05, 0) is 42.7 Å². The number of nitrogens with two attached hydrogens (primary N) is 1. The first-order valence-corrected chi connectivity index (χ1v) is 10.1. The van der Waals surface area contributed by atoms with E-state index in [0.29, 0.717) is 40.0 Å². The number of carbonyl (C=O) groups excluding carboxylic acids is 1. The molecule has 2 aliphatic rings. The van der Waals surface area contributed by atoms with E-state index < -0.39 is 0 Å². The van der Waals surface area contributed by atoms with Crippen molar-refractivity contribution in [2.75, 3.05) is 12.0 Å². The molecule has 2 N–H and O–H groups in total. The topological polar surface area (TPSA) is 68.4 Å². The highest BCUT2D eigenvalue weighted by molar-refractivity contribution is 6.35. The van der Waals surface area contributed by atoms with Gasteiger partial charge in [-0.1, -0.05) is 41.4 Å². The van der Waals surface area contributed by atoms with Crippen molar-refractivity contribution in [3.8, 4) is 5.75 Å². The van der Waals surface area contributed by atoms with Gasteiger partial charge in [-0.25, -0.2) is 0 Å². The second-order valence-electron chi connectivity index (χ2n) is 7.08. The largest absolute Gasteiger partial charge is 0.495 e. The fourth-order valence-electron chi connectivity index (χ4n) is 4.12. The van der Waals surface area contributed by atoms with Gasteiger partial charge in [-0.15, -0.1) is 0 Å². The highest BCUT2D eigenvalue weighted by Crippen LogP contribution is 2.44. The minimum absolute atomic E-state index is 0.119.